The van der Waals surface area contributed by atoms with Gasteiger partial charge in [-0.25, -0.2) is 9.97 Å². The Kier molecular flexibility index (Phi) is 4.83. The van der Waals surface area contributed by atoms with Gasteiger partial charge in [0, 0.05) is 42.6 Å². The quantitative estimate of drug-likeness (QED) is 0.773. The Balaban J connectivity index is 1.62. The number of pyridine rings is 1. The van der Waals surface area contributed by atoms with Gasteiger partial charge in [-0.05, 0) is 39.0 Å². The number of carbonyl (C=O) groups excluding carboxylic acids is 1. The second kappa shape index (κ2) is 7.21. The van der Waals surface area contributed by atoms with Crippen molar-refractivity contribution in [1.82, 2.24) is 30.0 Å². The Morgan fingerprint density at radius 2 is 2.00 bits per heavy atom. The smallest absolute Gasteiger partial charge is 0.254 e. The zero-order valence-corrected chi connectivity index (χ0v) is 14.5. The van der Waals surface area contributed by atoms with E-state index in [1.54, 1.807) is 12.4 Å². The third-order valence-corrected chi connectivity index (χ3v) is 3.85. The van der Waals surface area contributed by atoms with Gasteiger partial charge in [0.2, 0.25) is 0 Å². The largest absolute Gasteiger partial charge is 0.350 e. The molecule has 3 heterocycles. The number of nitrogens with zero attached hydrogens (tertiary/aromatic N) is 5. The molecule has 0 aliphatic heterocycles. The average Bonchev–Trinajstić information content (AvgIpc) is 2.98. The Bertz CT molecular complexity index is 857. The van der Waals surface area contributed by atoms with Crippen LogP contribution < -0.4 is 5.32 Å². The molecule has 0 spiro atoms. The van der Waals surface area contributed by atoms with E-state index < -0.39 is 0 Å². The highest BCUT2D eigenvalue weighted by Gasteiger charge is 2.13. The zero-order valence-electron chi connectivity index (χ0n) is 14.5. The molecule has 3 aromatic rings. The summed E-state index contributed by atoms with van der Waals surface area (Å²) in [4.78, 5) is 24.8. The van der Waals surface area contributed by atoms with Gasteiger partial charge in [-0.2, -0.15) is 5.10 Å². The summed E-state index contributed by atoms with van der Waals surface area (Å²) in [6.07, 6.45) is 6.43. The lowest BCUT2D eigenvalue weighted by Gasteiger charge is -2.15. The zero-order chi connectivity index (χ0) is 17.8. The number of aromatic nitrogens is 5. The predicted octanol–water partition coefficient (Wildman–Crippen LogP) is 2.34. The number of nitrogens with one attached hydrogen (secondary N) is 1. The monoisotopic (exact) mass is 336 g/mol. The van der Waals surface area contributed by atoms with Gasteiger partial charge >= 0.3 is 0 Å². The van der Waals surface area contributed by atoms with Crippen molar-refractivity contribution < 1.29 is 4.79 Å². The summed E-state index contributed by atoms with van der Waals surface area (Å²) in [5.74, 6) is 0.340. The maximum absolute atomic E-state index is 12.3. The molecule has 128 valence electrons. The molecule has 0 aliphatic carbocycles. The van der Waals surface area contributed by atoms with Gasteiger partial charge in [-0.3, -0.25) is 14.5 Å². The van der Waals surface area contributed by atoms with Gasteiger partial charge in [-0.1, -0.05) is 0 Å². The van der Waals surface area contributed by atoms with E-state index in [-0.39, 0.29) is 11.9 Å². The maximum atomic E-state index is 12.3. The normalized spacial score (nSPS) is 12.0. The van der Waals surface area contributed by atoms with Crippen LogP contribution in [0, 0.1) is 13.8 Å². The fraction of sp³-hybridized carbons (Fsp3) is 0.278. The first-order valence-corrected chi connectivity index (χ1v) is 8.08. The summed E-state index contributed by atoms with van der Waals surface area (Å²) < 4.78 is 1.91. The molecule has 3 rings (SSSR count). The Hall–Kier alpha value is -3.09. The molecule has 1 N–H and O–H groups in total. The Morgan fingerprint density at radius 1 is 1.24 bits per heavy atom. The van der Waals surface area contributed by atoms with E-state index in [2.05, 4.69) is 25.4 Å². The molecule has 25 heavy (non-hydrogen) atoms. The highest BCUT2D eigenvalue weighted by atomic mass is 16.1. The second-order valence-corrected chi connectivity index (χ2v) is 5.97. The van der Waals surface area contributed by atoms with Crippen LogP contribution in [0.2, 0.25) is 0 Å². The van der Waals surface area contributed by atoms with Crippen LogP contribution in [0.5, 0.6) is 0 Å². The van der Waals surface area contributed by atoms with Crippen molar-refractivity contribution in [3.63, 3.8) is 0 Å². The minimum absolute atomic E-state index is 0.0632. The lowest BCUT2D eigenvalue weighted by Crippen LogP contribution is -2.30. The van der Waals surface area contributed by atoms with E-state index in [9.17, 15) is 4.79 Å². The van der Waals surface area contributed by atoms with Crippen LogP contribution in [-0.4, -0.2) is 37.2 Å². The Labute approximate surface area is 146 Å². The van der Waals surface area contributed by atoms with Crippen molar-refractivity contribution in [1.29, 1.82) is 0 Å². The van der Waals surface area contributed by atoms with Gasteiger partial charge in [0.1, 0.15) is 0 Å². The number of hydrogen-bond acceptors (Lipinski definition) is 5. The number of carbonyl (C=O) groups is 1. The highest BCUT2D eigenvalue weighted by molar-refractivity contribution is 5.93. The van der Waals surface area contributed by atoms with Gasteiger partial charge in [0.25, 0.3) is 5.91 Å². The first-order valence-electron chi connectivity index (χ1n) is 8.08. The summed E-state index contributed by atoms with van der Waals surface area (Å²) in [5, 5.41) is 7.34. The second-order valence-electron chi connectivity index (χ2n) is 5.97. The molecule has 3 aromatic heterocycles. The summed E-state index contributed by atoms with van der Waals surface area (Å²) in [6.45, 7) is 6.45. The fourth-order valence-electron chi connectivity index (χ4n) is 2.61. The van der Waals surface area contributed by atoms with E-state index >= 15 is 0 Å². The average molecular weight is 336 g/mol. The molecule has 0 saturated heterocycles. The Morgan fingerprint density at radius 3 is 2.60 bits per heavy atom. The van der Waals surface area contributed by atoms with E-state index in [4.69, 9.17) is 0 Å². The molecule has 7 heteroatoms. The van der Waals surface area contributed by atoms with Crippen molar-refractivity contribution in [3.05, 3.63) is 59.9 Å². The van der Waals surface area contributed by atoms with Crippen LogP contribution >= 0.6 is 0 Å². The minimum Gasteiger partial charge on any atom is -0.350 e. The number of hydrogen-bond donors (Lipinski definition) is 1. The topological polar surface area (TPSA) is 85.6 Å². The predicted molar refractivity (Wildman–Crippen MR) is 94.0 cm³/mol. The first-order chi connectivity index (χ1) is 12.0. The van der Waals surface area contributed by atoms with Crippen molar-refractivity contribution in [2.45, 2.75) is 26.8 Å². The van der Waals surface area contributed by atoms with Crippen LogP contribution in [0.3, 0.4) is 0 Å². The molecule has 0 saturated carbocycles. The van der Waals surface area contributed by atoms with Gasteiger partial charge in [-0.15, -0.1) is 0 Å². The van der Waals surface area contributed by atoms with Crippen molar-refractivity contribution >= 4 is 5.91 Å². The highest BCUT2D eigenvalue weighted by Crippen LogP contribution is 2.12. The molecule has 1 amide bonds. The molecule has 0 fully saturated rings. The van der Waals surface area contributed by atoms with Crippen molar-refractivity contribution in [2.24, 2.45) is 0 Å². The van der Waals surface area contributed by atoms with E-state index in [0.29, 0.717) is 17.9 Å². The van der Waals surface area contributed by atoms with Crippen LogP contribution in [-0.2, 0) is 0 Å². The lowest BCUT2D eigenvalue weighted by molar-refractivity contribution is 0.0947. The van der Waals surface area contributed by atoms with Crippen molar-refractivity contribution in [2.75, 3.05) is 6.54 Å². The van der Waals surface area contributed by atoms with E-state index in [1.165, 1.54) is 12.4 Å². The third kappa shape index (κ3) is 3.88. The van der Waals surface area contributed by atoms with Crippen LogP contribution in [0.1, 0.15) is 34.7 Å². The molecule has 1 atom stereocenters. The molecule has 0 aromatic carbocycles. The van der Waals surface area contributed by atoms with E-state index in [1.807, 2.05) is 43.7 Å². The molecule has 1 unspecified atom stereocenters. The van der Waals surface area contributed by atoms with Gasteiger partial charge in [0.15, 0.2) is 5.82 Å². The van der Waals surface area contributed by atoms with Crippen LogP contribution in [0.4, 0.5) is 0 Å². The summed E-state index contributed by atoms with van der Waals surface area (Å²) >= 11 is 0. The maximum Gasteiger partial charge on any atom is 0.254 e. The molecular formula is C18H20N6O. The summed E-state index contributed by atoms with van der Waals surface area (Å²) in [7, 11) is 0. The van der Waals surface area contributed by atoms with Gasteiger partial charge in [0.05, 0.1) is 17.3 Å². The molecule has 0 aliphatic rings. The van der Waals surface area contributed by atoms with Crippen LogP contribution in [0.25, 0.3) is 11.4 Å². The molecule has 0 radical (unpaired) electrons. The first kappa shape index (κ1) is 16.8. The van der Waals surface area contributed by atoms with Crippen LogP contribution in [0.15, 0.2) is 43.0 Å². The summed E-state index contributed by atoms with van der Waals surface area (Å²) in [6, 6.07) is 5.77. The van der Waals surface area contributed by atoms with Crippen molar-refractivity contribution in [3.8, 4) is 11.4 Å². The third-order valence-electron chi connectivity index (χ3n) is 3.85. The lowest BCUT2D eigenvalue weighted by atomic mass is 10.2. The number of amides is 1. The number of rotatable bonds is 5. The molecular weight excluding hydrogens is 316 g/mol. The minimum atomic E-state index is -0.203. The fourth-order valence-corrected chi connectivity index (χ4v) is 2.61. The SMILES string of the molecule is Cc1cc(C)n(C(C)CNC(=O)c2cnc(-c3cccnc3)nc2)n1. The van der Waals surface area contributed by atoms with Gasteiger partial charge < -0.3 is 5.32 Å². The standard InChI is InChI=1S/C18H20N6O/c1-12-7-13(2)24(23-12)14(3)8-22-18(25)16-10-20-17(21-11-16)15-5-4-6-19-9-15/h4-7,9-11,14H,8H2,1-3H3,(H,22,25). The molecule has 7 nitrogen and oxygen atoms in total. The molecule has 0 bridgehead atoms. The van der Waals surface area contributed by atoms with E-state index in [0.717, 1.165) is 17.0 Å². The summed E-state index contributed by atoms with van der Waals surface area (Å²) in [5.41, 5.74) is 3.28. The number of aryl methyl sites for hydroxylation is 2.